The Morgan fingerprint density at radius 3 is 2.05 bits per heavy atom. The van der Waals surface area contributed by atoms with Crippen molar-refractivity contribution in [3.63, 3.8) is 0 Å². The molecule has 4 heteroatoms. The average molecular weight is 307 g/mol. The topological polar surface area (TPSA) is 34.1 Å². The SMILES string of the molecule is O=S(=O)(CC=C(CCl)c1ccccc1)c1ccccc1. The lowest BCUT2D eigenvalue weighted by molar-refractivity contribution is 0.599. The van der Waals surface area contributed by atoms with E-state index in [0.29, 0.717) is 4.90 Å². The van der Waals surface area contributed by atoms with Gasteiger partial charge < -0.3 is 0 Å². The molecule has 0 bridgehead atoms. The highest BCUT2D eigenvalue weighted by atomic mass is 35.5. The molecule has 0 unspecified atom stereocenters. The van der Waals surface area contributed by atoms with Crippen LogP contribution < -0.4 is 0 Å². The summed E-state index contributed by atoms with van der Waals surface area (Å²) >= 11 is 5.91. The highest BCUT2D eigenvalue weighted by molar-refractivity contribution is 7.91. The number of sulfone groups is 1. The van der Waals surface area contributed by atoms with Gasteiger partial charge in [0, 0.05) is 5.88 Å². The zero-order valence-corrected chi connectivity index (χ0v) is 12.4. The van der Waals surface area contributed by atoms with Crippen molar-refractivity contribution in [2.24, 2.45) is 0 Å². The van der Waals surface area contributed by atoms with Crippen molar-refractivity contribution in [1.29, 1.82) is 0 Å². The fourth-order valence-corrected chi connectivity index (χ4v) is 3.28. The molecule has 0 spiro atoms. The molecule has 0 aromatic heterocycles. The molecule has 0 saturated heterocycles. The molecule has 104 valence electrons. The average Bonchev–Trinajstić information content (AvgIpc) is 2.50. The lowest BCUT2D eigenvalue weighted by atomic mass is 10.1. The van der Waals surface area contributed by atoms with E-state index >= 15 is 0 Å². The third-order valence-electron chi connectivity index (χ3n) is 2.94. The molecular formula is C16H15ClO2S. The highest BCUT2D eigenvalue weighted by Gasteiger charge is 2.12. The first-order chi connectivity index (χ1) is 9.63. The van der Waals surface area contributed by atoms with E-state index in [-0.39, 0.29) is 11.6 Å². The molecule has 0 atom stereocenters. The molecule has 0 N–H and O–H groups in total. The van der Waals surface area contributed by atoms with Gasteiger partial charge in [-0.1, -0.05) is 54.6 Å². The molecule has 20 heavy (non-hydrogen) atoms. The summed E-state index contributed by atoms with van der Waals surface area (Å²) in [7, 11) is -3.31. The molecule has 0 amide bonds. The van der Waals surface area contributed by atoms with E-state index in [4.69, 9.17) is 11.6 Å². The van der Waals surface area contributed by atoms with Gasteiger partial charge in [-0.05, 0) is 23.3 Å². The van der Waals surface area contributed by atoms with E-state index in [2.05, 4.69) is 0 Å². The van der Waals surface area contributed by atoms with Crippen molar-refractivity contribution < 1.29 is 8.42 Å². The number of hydrogen-bond acceptors (Lipinski definition) is 2. The number of allylic oxidation sites excluding steroid dienone is 1. The summed E-state index contributed by atoms with van der Waals surface area (Å²) in [5.74, 6) is 0.238. The van der Waals surface area contributed by atoms with Crippen LogP contribution in [0.15, 0.2) is 71.6 Å². The van der Waals surface area contributed by atoms with Crippen LogP contribution in [-0.4, -0.2) is 20.1 Å². The Morgan fingerprint density at radius 2 is 1.50 bits per heavy atom. The second kappa shape index (κ2) is 6.73. The summed E-state index contributed by atoms with van der Waals surface area (Å²) in [5, 5.41) is 0. The van der Waals surface area contributed by atoms with Gasteiger partial charge in [0.15, 0.2) is 9.84 Å². The molecule has 0 saturated carbocycles. The molecule has 0 aliphatic carbocycles. The maximum absolute atomic E-state index is 12.2. The normalized spacial score (nSPS) is 12.3. The Balaban J connectivity index is 2.23. The van der Waals surface area contributed by atoms with E-state index in [1.807, 2.05) is 30.3 Å². The summed E-state index contributed by atoms with van der Waals surface area (Å²) in [4.78, 5) is 0.332. The van der Waals surface area contributed by atoms with Gasteiger partial charge in [0.05, 0.1) is 10.6 Å². The van der Waals surface area contributed by atoms with Crippen molar-refractivity contribution >= 4 is 27.0 Å². The first-order valence-electron chi connectivity index (χ1n) is 6.22. The van der Waals surface area contributed by atoms with Crippen LogP contribution in [-0.2, 0) is 9.84 Å². The van der Waals surface area contributed by atoms with E-state index in [1.165, 1.54) is 0 Å². The zero-order chi connectivity index (χ0) is 14.4. The minimum Gasteiger partial charge on any atom is -0.223 e. The smallest absolute Gasteiger partial charge is 0.181 e. The quantitative estimate of drug-likeness (QED) is 0.788. The van der Waals surface area contributed by atoms with Crippen LogP contribution in [0.1, 0.15) is 5.56 Å². The molecule has 2 rings (SSSR count). The summed E-state index contributed by atoms with van der Waals surface area (Å²) in [5.41, 5.74) is 1.78. The first-order valence-corrected chi connectivity index (χ1v) is 8.40. The van der Waals surface area contributed by atoms with Crippen molar-refractivity contribution in [2.75, 3.05) is 11.6 Å². The molecule has 2 aromatic carbocycles. The highest BCUT2D eigenvalue weighted by Crippen LogP contribution is 2.17. The molecule has 0 radical (unpaired) electrons. The molecule has 0 fully saturated rings. The van der Waals surface area contributed by atoms with E-state index < -0.39 is 9.84 Å². The van der Waals surface area contributed by atoms with Crippen LogP contribution in [0.4, 0.5) is 0 Å². The van der Waals surface area contributed by atoms with Gasteiger partial charge in [-0.15, -0.1) is 11.6 Å². The van der Waals surface area contributed by atoms with Crippen LogP contribution in [0.3, 0.4) is 0 Å². The largest absolute Gasteiger partial charge is 0.223 e. The molecule has 2 aromatic rings. The number of hydrogen-bond donors (Lipinski definition) is 0. The van der Waals surface area contributed by atoms with Crippen LogP contribution in [0.2, 0.25) is 0 Å². The number of alkyl halides is 1. The Hall–Kier alpha value is -1.58. The third kappa shape index (κ3) is 3.71. The van der Waals surface area contributed by atoms with Crippen molar-refractivity contribution in [2.45, 2.75) is 4.90 Å². The predicted octanol–water partition coefficient (Wildman–Crippen LogP) is 3.78. The Bertz CT molecular complexity index is 677. The Kier molecular flexibility index (Phi) is 4.99. The number of rotatable bonds is 5. The van der Waals surface area contributed by atoms with Gasteiger partial charge in [0.2, 0.25) is 0 Å². The number of benzene rings is 2. The van der Waals surface area contributed by atoms with Gasteiger partial charge in [0.25, 0.3) is 0 Å². The molecule has 0 aliphatic rings. The van der Waals surface area contributed by atoms with Crippen molar-refractivity contribution in [3.05, 3.63) is 72.3 Å². The number of halogens is 1. The standard InChI is InChI=1S/C16H15ClO2S/c17-13-15(14-7-3-1-4-8-14)11-12-20(18,19)16-9-5-2-6-10-16/h1-11H,12-13H2. The molecule has 0 heterocycles. The summed E-state index contributed by atoms with van der Waals surface area (Å²) < 4.78 is 24.4. The maximum Gasteiger partial charge on any atom is 0.181 e. The van der Waals surface area contributed by atoms with Crippen molar-refractivity contribution in [3.8, 4) is 0 Å². The van der Waals surface area contributed by atoms with Crippen LogP contribution >= 0.6 is 11.6 Å². The third-order valence-corrected chi connectivity index (χ3v) is 4.82. The Morgan fingerprint density at radius 1 is 0.950 bits per heavy atom. The zero-order valence-electron chi connectivity index (χ0n) is 10.9. The molecule has 0 aliphatic heterocycles. The fraction of sp³-hybridized carbons (Fsp3) is 0.125. The van der Waals surface area contributed by atoms with Crippen molar-refractivity contribution in [1.82, 2.24) is 0 Å². The second-order valence-corrected chi connectivity index (χ2v) is 6.62. The van der Waals surface area contributed by atoms with Gasteiger partial charge >= 0.3 is 0 Å². The van der Waals surface area contributed by atoms with Gasteiger partial charge in [-0.3, -0.25) is 0 Å². The first kappa shape index (κ1) is 14.8. The minimum atomic E-state index is -3.31. The van der Waals surface area contributed by atoms with E-state index in [9.17, 15) is 8.42 Å². The fourth-order valence-electron chi connectivity index (χ4n) is 1.84. The summed E-state index contributed by atoms with van der Waals surface area (Å²) in [6.07, 6.45) is 1.69. The van der Waals surface area contributed by atoms with Gasteiger partial charge in [-0.25, -0.2) is 8.42 Å². The summed E-state index contributed by atoms with van der Waals surface area (Å²) in [6.45, 7) is 0. The van der Waals surface area contributed by atoms with E-state index in [1.54, 1.807) is 36.4 Å². The van der Waals surface area contributed by atoms with Gasteiger partial charge in [-0.2, -0.15) is 0 Å². The minimum absolute atomic E-state index is 0.0477. The van der Waals surface area contributed by atoms with Crippen LogP contribution in [0.5, 0.6) is 0 Å². The Labute approximate surface area is 124 Å². The maximum atomic E-state index is 12.2. The monoisotopic (exact) mass is 306 g/mol. The second-order valence-electron chi connectivity index (χ2n) is 4.32. The summed E-state index contributed by atoms with van der Waals surface area (Å²) in [6, 6.07) is 18.0. The lowest BCUT2D eigenvalue weighted by Crippen LogP contribution is -2.05. The van der Waals surface area contributed by atoms with Gasteiger partial charge in [0.1, 0.15) is 0 Å². The lowest BCUT2D eigenvalue weighted by Gasteiger charge is -2.05. The molecule has 2 nitrogen and oxygen atoms in total. The van der Waals surface area contributed by atoms with Crippen LogP contribution in [0.25, 0.3) is 5.57 Å². The van der Waals surface area contributed by atoms with E-state index in [0.717, 1.165) is 11.1 Å². The van der Waals surface area contributed by atoms with Crippen LogP contribution in [0, 0.1) is 0 Å². The molecular weight excluding hydrogens is 292 g/mol. The predicted molar refractivity (Wildman–Crippen MR) is 83.6 cm³/mol.